The van der Waals surface area contributed by atoms with Crippen molar-refractivity contribution >= 4 is 40.8 Å². The summed E-state index contributed by atoms with van der Waals surface area (Å²) in [5.74, 6) is -0.738. The minimum absolute atomic E-state index is 0.345. The number of halogens is 2. The Kier molecular flexibility index (Phi) is 6.67. The molecule has 25 heavy (non-hydrogen) atoms. The standard InChI is InChI=1S/C18H17Cl2NO4/c1-11-3-8-15(20)16(9-11)24-10-17(22)25-12(2)18(23)21-14-6-4-13(19)5-7-14/h3-9,12H,10H2,1-2H3,(H,21,23)/t12-/m1/s1. The van der Waals surface area contributed by atoms with Gasteiger partial charge in [-0.15, -0.1) is 0 Å². The number of carbonyl (C=O) groups excluding carboxylic acids is 2. The first-order chi connectivity index (χ1) is 11.8. The number of aryl methyl sites for hydroxylation is 1. The molecule has 0 bridgehead atoms. The maximum atomic E-state index is 12.0. The van der Waals surface area contributed by atoms with Gasteiger partial charge in [-0.2, -0.15) is 0 Å². The lowest BCUT2D eigenvalue weighted by atomic mass is 10.2. The SMILES string of the molecule is Cc1ccc(Cl)c(OCC(=O)O[C@H](C)C(=O)Nc2ccc(Cl)cc2)c1. The van der Waals surface area contributed by atoms with E-state index in [9.17, 15) is 9.59 Å². The Morgan fingerprint density at radius 3 is 2.48 bits per heavy atom. The van der Waals surface area contributed by atoms with Crippen molar-refractivity contribution in [2.75, 3.05) is 11.9 Å². The number of hydrogen-bond acceptors (Lipinski definition) is 4. The first-order valence-corrected chi connectivity index (χ1v) is 8.25. The fraction of sp³-hybridized carbons (Fsp3) is 0.222. The molecule has 7 heteroatoms. The number of amides is 1. The average molecular weight is 382 g/mol. The van der Waals surface area contributed by atoms with E-state index < -0.39 is 18.0 Å². The van der Waals surface area contributed by atoms with E-state index in [4.69, 9.17) is 32.7 Å². The van der Waals surface area contributed by atoms with E-state index in [1.807, 2.05) is 13.0 Å². The highest BCUT2D eigenvalue weighted by atomic mass is 35.5. The Morgan fingerprint density at radius 1 is 1.12 bits per heavy atom. The minimum Gasteiger partial charge on any atom is -0.480 e. The van der Waals surface area contributed by atoms with Gasteiger partial charge in [0.1, 0.15) is 5.75 Å². The zero-order valence-corrected chi connectivity index (χ0v) is 15.2. The van der Waals surface area contributed by atoms with E-state index >= 15 is 0 Å². The molecule has 0 saturated heterocycles. The molecule has 0 fully saturated rings. The normalized spacial score (nSPS) is 11.5. The number of benzene rings is 2. The highest BCUT2D eigenvalue weighted by molar-refractivity contribution is 6.32. The summed E-state index contributed by atoms with van der Waals surface area (Å²) in [6.07, 6.45) is -0.972. The van der Waals surface area contributed by atoms with Gasteiger partial charge in [-0.1, -0.05) is 29.3 Å². The summed E-state index contributed by atoms with van der Waals surface area (Å²) >= 11 is 11.8. The van der Waals surface area contributed by atoms with E-state index in [0.717, 1.165) is 5.56 Å². The van der Waals surface area contributed by atoms with Crippen molar-refractivity contribution in [3.05, 3.63) is 58.1 Å². The number of carbonyl (C=O) groups is 2. The van der Waals surface area contributed by atoms with Crippen LogP contribution < -0.4 is 10.1 Å². The van der Waals surface area contributed by atoms with Crippen molar-refractivity contribution in [1.82, 2.24) is 0 Å². The first-order valence-electron chi connectivity index (χ1n) is 7.50. The van der Waals surface area contributed by atoms with Crippen LogP contribution in [0.3, 0.4) is 0 Å². The summed E-state index contributed by atoms with van der Waals surface area (Å²) in [5, 5.41) is 3.58. The molecule has 1 N–H and O–H groups in total. The fourth-order valence-electron chi connectivity index (χ4n) is 1.92. The second-order valence-corrected chi connectivity index (χ2v) is 6.19. The molecule has 0 spiro atoms. The summed E-state index contributed by atoms with van der Waals surface area (Å²) in [6.45, 7) is 3.01. The number of rotatable bonds is 6. The minimum atomic E-state index is -0.972. The molecule has 0 aromatic heterocycles. The molecule has 0 aliphatic carbocycles. The van der Waals surface area contributed by atoms with Crippen LogP contribution in [-0.2, 0) is 14.3 Å². The molecule has 2 aromatic rings. The van der Waals surface area contributed by atoms with Crippen LogP contribution in [0.15, 0.2) is 42.5 Å². The number of anilines is 1. The van der Waals surface area contributed by atoms with Gasteiger partial charge >= 0.3 is 5.97 Å². The largest absolute Gasteiger partial charge is 0.480 e. The van der Waals surface area contributed by atoms with Gasteiger partial charge in [0, 0.05) is 10.7 Å². The van der Waals surface area contributed by atoms with E-state index in [0.29, 0.717) is 21.5 Å². The average Bonchev–Trinajstić information content (AvgIpc) is 2.57. The number of ether oxygens (including phenoxy) is 2. The molecule has 0 saturated carbocycles. The molecule has 2 aromatic carbocycles. The maximum absolute atomic E-state index is 12.0. The number of nitrogens with one attached hydrogen (secondary N) is 1. The third-order valence-corrected chi connectivity index (χ3v) is 3.79. The van der Waals surface area contributed by atoms with Gasteiger partial charge in [-0.05, 0) is 55.8 Å². The Labute approximate surface area is 155 Å². The molecule has 1 amide bonds. The van der Waals surface area contributed by atoms with Gasteiger partial charge in [-0.3, -0.25) is 4.79 Å². The molecule has 132 valence electrons. The number of hydrogen-bond donors (Lipinski definition) is 1. The summed E-state index contributed by atoms with van der Waals surface area (Å²) in [7, 11) is 0. The van der Waals surface area contributed by atoms with Gasteiger partial charge in [0.25, 0.3) is 5.91 Å². The summed E-state index contributed by atoms with van der Waals surface area (Å²) < 4.78 is 10.4. The van der Waals surface area contributed by atoms with Crippen molar-refractivity contribution in [1.29, 1.82) is 0 Å². The highest BCUT2D eigenvalue weighted by Crippen LogP contribution is 2.25. The van der Waals surface area contributed by atoms with E-state index in [-0.39, 0.29) is 6.61 Å². The summed E-state index contributed by atoms with van der Waals surface area (Å²) in [5.41, 5.74) is 1.50. The summed E-state index contributed by atoms with van der Waals surface area (Å²) in [4.78, 5) is 23.9. The Hall–Kier alpha value is -2.24. The molecule has 0 aliphatic rings. The fourth-order valence-corrected chi connectivity index (χ4v) is 2.22. The van der Waals surface area contributed by atoms with Crippen LogP contribution >= 0.6 is 23.2 Å². The van der Waals surface area contributed by atoms with Crippen molar-refractivity contribution in [2.45, 2.75) is 20.0 Å². The predicted molar refractivity (Wildman–Crippen MR) is 97.3 cm³/mol. The van der Waals surface area contributed by atoms with Crippen molar-refractivity contribution in [3.63, 3.8) is 0 Å². The third-order valence-electron chi connectivity index (χ3n) is 3.22. The smallest absolute Gasteiger partial charge is 0.344 e. The second-order valence-electron chi connectivity index (χ2n) is 5.35. The van der Waals surface area contributed by atoms with Crippen LogP contribution in [0.2, 0.25) is 10.0 Å². The Balaban J connectivity index is 1.83. The highest BCUT2D eigenvalue weighted by Gasteiger charge is 2.18. The van der Waals surface area contributed by atoms with Gasteiger partial charge in [0.05, 0.1) is 5.02 Å². The van der Waals surface area contributed by atoms with Gasteiger partial charge in [0.2, 0.25) is 0 Å². The quantitative estimate of drug-likeness (QED) is 0.759. The maximum Gasteiger partial charge on any atom is 0.344 e. The van der Waals surface area contributed by atoms with E-state index in [1.165, 1.54) is 6.92 Å². The topological polar surface area (TPSA) is 64.6 Å². The van der Waals surface area contributed by atoms with Crippen molar-refractivity contribution in [3.8, 4) is 5.75 Å². The second kappa shape index (κ2) is 8.74. The molecule has 1 atom stereocenters. The number of esters is 1. The molecular formula is C18H17Cl2NO4. The van der Waals surface area contributed by atoms with Crippen LogP contribution in [0, 0.1) is 6.92 Å². The molecule has 0 aliphatic heterocycles. The van der Waals surface area contributed by atoms with Crippen molar-refractivity contribution < 1.29 is 19.1 Å². The van der Waals surface area contributed by atoms with Crippen molar-refractivity contribution in [2.24, 2.45) is 0 Å². The van der Waals surface area contributed by atoms with E-state index in [1.54, 1.807) is 36.4 Å². The molecule has 0 heterocycles. The lowest BCUT2D eigenvalue weighted by Crippen LogP contribution is -2.31. The third kappa shape index (κ3) is 5.96. The molecular weight excluding hydrogens is 365 g/mol. The van der Waals surface area contributed by atoms with Crippen LogP contribution in [0.4, 0.5) is 5.69 Å². The molecule has 0 radical (unpaired) electrons. The monoisotopic (exact) mass is 381 g/mol. The van der Waals surface area contributed by atoms with Crippen LogP contribution in [0.1, 0.15) is 12.5 Å². The van der Waals surface area contributed by atoms with Crippen LogP contribution in [0.25, 0.3) is 0 Å². The van der Waals surface area contributed by atoms with Crippen LogP contribution in [0.5, 0.6) is 5.75 Å². The molecule has 5 nitrogen and oxygen atoms in total. The first kappa shape index (κ1) is 19.1. The zero-order chi connectivity index (χ0) is 18.4. The Morgan fingerprint density at radius 2 is 1.80 bits per heavy atom. The van der Waals surface area contributed by atoms with Gasteiger partial charge in [0.15, 0.2) is 12.7 Å². The predicted octanol–water partition coefficient (Wildman–Crippen LogP) is 4.25. The van der Waals surface area contributed by atoms with Gasteiger partial charge in [-0.25, -0.2) is 4.79 Å². The molecule has 0 unspecified atom stereocenters. The van der Waals surface area contributed by atoms with Gasteiger partial charge < -0.3 is 14.8 Å². The zero-order valence-electron chi connectivity index (χ0n) is 13.7. The Bertz CT molecular complexity index is 762. The summed E-state index contributed by atoms with van der Waals surface area (Å²) in [6, 6.07) is 11.8. The van der Waals surface area contributed by atoms with Crippen LogP contribution in [-0.4, -0.2) is 24.6 Å². The molecule has 2 rings (SSSR count). The lowest BCUT2D eigenvalue weighted by Gasteiger charge is -2.14. The van der Waals surface area contributed by atoms with E-state index in [2.05, 4.69) is 5.32 Å². The lowest BCUT2D eigenvalue weighted by molar-refractivity contribution is -0.155.